The van der Waals surface area contributed by atoms with Crippen molar-refractivity contribution in [2.24, 2.45) is 5.10 Å². The minimum Gasteiger partial charge on any atom is -0.463 e. The Labute approximate surface area is 97.7 Å². The molecule has 2 rings (SSSR count). The van der Waals surface area contributed by atoms with Gasteiger partial charge in [-0.1, -0.05) is 18.2 Å². The van der Waals surface area contributed by atoms with Crippen LogP contribution in [-0.4, -0.2) is 12.3 Å². The van der Waals surface area contributed by atoms with Crippen LogP contribution in [0.4, 0.5) is 4.79 Å². The molecule has 0 saturated carbocycles. The first-order valence-electron chi connectivity index (χ1n) is 4.94. The Bertz CT molecular complexity index is 492. The van der Waals surface area contributed by atoms with Gasteiger partial charge >= 0.3 is 6.09 Å². The molecule has 0 aliphatic carbocycles. The number of ether oxygens (including phenoxy) is 1. The Morgan fingerprint density at radius 2 is 2.06 bits per heavy atom. The van der Waals surface area contributed by atoms with Crippen molar-refractivity contribution in [1.29, 1.82) is 0 Å². The van der Waals surface area contributed by atoms with E-state index in [1.54, 1.807) is 36.4 Å². The van der Waals surface area contributed by atoms with Crippen LogP contribution in [0.2, 0.25) is 0 Å². The summed E-state index contributed by atoms with van der Waals surface area (Å²) in [5.41, 5.74) is 2.22. The fourth-order valence-electron chi connectivity index (χ4n) is 1.13. The molecule has 5 nitrogen and oxygen atoms in total. The maximum Gasteiger partial charge on any atom is 0.433 e. The Hall–Kier alpha value is -2.56. The van der Waals surface area contributed by atoms with E-state index in [2.05, 4.69) is 10.5 Å². The van der Waals surface area contributed by atoms with E-state index in [4.69, 9.17) is 9.15 Å². The van der Waals surface area contributed by atoms with Gasteiger partial charge in [0.1, 0.15) is 11.5 Å². The molecule has 5 heteroatoms. The largest absolute Gasteiger partial charge is 0.463 e. The van der Waals surface area contributed by atoms with Gasteiger partial charge in [0.15, 0.2) is 0 Å². The van der Waals surface area contributed by atoms with Crippen LogP contribution in [0.15, 0.2) is 58.2 Å². The smallest absolute Gasteiger partial charge is 0.433 e. The summed E-state index contributed by atoms with van der Waals surface area (Å²) in [4.78, 5) is 11.3. The number of nitrogens with zero attached hydrogens (tertiary/aromatic N) is 1. The van der Waals surface area contributed by atoms with E-state index >= 15 is 0 Å². The molecular weight excluding hydrogens is 220 g/mol. The molecule has 0 atom stereocenters. The van der Waals surface area contributed by atoms with Gasteiger partial charge < -0.3 is 9.15 Å². The van der Waals surface area contributed by atoms with Crippen molar-refractivity contribution in [2.75, 3.05) is 0 Å². The van der Waals surface area contributed by atoms with Crippen LogP contribution in [0.5, 0.6) is 5.75 Å². The number of carbonyl (C=O) groups is 1. The Morgan fingerprint density at radius 1 is 1.24 bits per heavy atom. The number of benzene rings is 1. The summed E-state index contributed by atoms with van der Waals surface area (Å²) in [7, 11) is 0. The van der Waals surface area contributed by atoms with Crippen molar-refractivity contribution in [3.8, 4) is 5.75 Å². The fraction of sp³-hybridized carbons (Fsp3) is 0. The number of nitrogens with one attached hydrogen (secondary N) is 1. The summed E-state index contributed by atoms with van der Waals surface area (Å²) in [6.07, 6.45) is 2.25. The molecule has 0 radical (unpaired) electrons. The number of hydrogen-bond donors (Lipinski definition) is 1. The van der Waals surface area contributed by atoms with Crippen molar-refractivity contribution in [3.63, 3.8) is 0 Å². The number of para-hydroxylation sites is 1. The van der Waals surface area contributed by atoms with Gasteiger partial charge in [0, 0.05) is 0 Å². The molecule has 0 spiro atoms. The highest BCUT2D eigenvalue weighted by Gasteiger charge is 2.00. The zero-order chi connectivity index (χ0) is 11.9. The Kier molecular flexibility index (Phi) is 3.54. The molecule has 1 N–H and O–H groups in total. The highest BCUT2D eigenvalue weighted by Crippen LogP contribution is 2.07. The van der Waals surface area contributed by atoms with Crippen LogP contribution < -0.4 is 10.2 Å². The SMILES string of the molecule is O=C(N/N=C/c1ccco1)Oc1ccccc1. The normalized spacial score (nSPS) is 10.4. The number of amides is 1. The van der Waals surface area contributed by atoms with E-state index in [1.165, 1.54) is 12.5 Å². The molecule has 1 amide bonds. The van der Waals surface area contributed by atoms with Gasteiger partial charge in [-0.2, -0.15) is 5.10 Å². The average Bonchev–Trinajstić information content (AvgIpc) is 2.83. The van der Waals surface area contributed by atoms with E-state index in [1.807, 2.05) is 6.07 Å². The summed E-state index contributed by atoms with van der Waals surface area (Å²) < 4.78 is 9.93. The monoisotopic (exact) mass is 230 g/mol. The predicted molar refractivity (Wildman–Crippen MR) is 61.9 cm³/mol. The van der Waals surface area contributed by atoms with Gasteiger partial charge in [-0.15, -0.1) is 0 Å². The van der Waals surface area contributed by atoms with Crippen molar-refractivity contribution in [3.05, 3.63) is 54.5 Å². The molecule has 1 aromatic heterocycles. The summed E-state index contributed by atoms with van der Waals surface area (Å²) in [5.74, 6) is 1.00. The third-order valence-electron chi connectivity index (χ3n) is 1.84. The first-order chi connectivity index (χ1) is 8.34. The fourth-order valence-corrected chi connectivity index (χ4v) is 1.13. The van der Waals surface area contributed by atoms with Crippen LogP contribution in [0.1, 0.15) is 5.76 Å². The zero-order valence-electron chi connectivity index (χ0n) is 8.87. The molecular formula is C12H10N2O3. The third-order valence-corrected chi connectivity index (χ3v) is 1.84. The molecule has 1 heterocycles. The molecule has 0 aliphatic heterocycles. The number of furan rings is 1. The number of hydrazone groups is 1. The van der Waals surface area contributed by atoms with Gasteiger partial charge in [-0.05, 0) is 24.3 Å². The third kappa shape index (κ3) is 3.49. The topological polar surface area (TPSA) is 63.8 Å². The highest BCUT2D eigenvalue weighted by molar-refractivity contribution is 5.78. The van der Waals surface area contributed by atoms with Crippen molar-refractivity contribution >= 4 is 12.3 Å². The van der Waals surface area contributed by atoms with Gasteiger partial charge in [0.2, 0.25) is 0 Å². The Morgan fingerprint density at radius 3 is 2.76 bits per heavy atom. The van der Waals surface area contributed by atoms with Crippen LogP contribution in [-0.2, 0) is 0 Å². The first-order valence-corrected chi connectivity index (χ1v) is 4.94. The van der Waals surface area contributed by atoms with Crippen LogP contribution in [0.3, 0.4) is 0 Å². The van der Waals surface area contributed by atoms with Crippen LogP contribution >= 0.6 is 0 Å². The second kappa shape index (κ2) is 5.50. The van der Waals surface area contributed by atoms with E-state index in [9.17, 15) is 4.79 Å². The van der Waals surface area contributed by atoms with Gasteiger partial charge in [-0.25, -0.2) is 10.2 Å². The lowest BCUT2D eigenvalue weighted by molar-refractivity contribution is 0.201. The highest BCUT2D eigenvalue weighted by atomic mass is 16.6. The lowest BCUT2D eigenvalue weighted by Gasteiger charge is -2.01. The quantitative estimate of drug-likeness (QED) is 0.650. The molecule has 1 aromatic carbocycles. The summed E-state index contributed by atoms with van der Waals surface area (Å²) >= 11 is 0. The summed E-state index contributed by atoms with van der Waals surface area (Å²) in [5, 5.41) is 3.67. The minimum atomic E-state index is -0.654. The minimum absolute atomic E-state index is 0.457. The maximum absolute atomic E-state index is 11.3. The average molecular weight is 230 g/mol. The number of hydrogen-bond acceptors (Lipinski definition) is 4. The van der Waals surface area contributed by atoms with E-state index in [0.717, 1.165) is 0 Å². The molecule has 17 heavy (non-hydrogen) atoms. The van der Waals surface area contributed by atoms with Crippen LogP contribution in [0.25, 0.3) is 0 Å². The second-order valence-electron chi connectivity index (χ2n) is 3.09. The standard InChI is InChI=1S/C12H10N2O3/c15-12(17-10-5-2-1-3-6-10)14-13-9-11-7-4-8-16-11/h1-9H,(H,14,15)/b13-9+. The van der Waals surface area contributed by atoms with Crippen LogP contribution in [0, 0.1) is 0 Å². The lowest BCUT2D eigenvalue weighted by atomic mass is 10.3. The molecule has 86 valence electrons. The molecule has 0 saturated heterocycles. The molecule has 0 fully saturated rings. The van der Waals surface area contributed by atoms with E-state index in [-0.39, 0.29) is 0 Å². The molecule has 0 bridgehead atoms. The number of rotatable bonds is 3. The van der Waals surface area contributed by atoms with Gasteiger partial charge in [0.25, 0.3) is 0 Å². The van der Waals surface area contributed by atoms with Crippen molar-refractivity contribution in [1.82, 2.24) is 5.43 Å². The van der Waals surface area contributed by atoms with Crippen molar-refractivity contribution in [2.45, 2.75) is 0 Å². The molecule has 0 unspecified atom stereocenters. The maximum atomic E-state index is 11.3. The Balaban J connectivity index is 1.82. The van der Waals surface area contributed by atoms with E-state index < -0.39 is 6.09 Å². The van der Waals surface area contributed by atoms with Crippen molar-refractivity contribution < 1.29 is 13.9 Å². The predicted octanol–water partition coefficient (Wildman–Crippen LogP) is 2.40. The van der Waals surface area contributed by atoms with Gasteiger partial charge in [-0.3, -0.25) is 0 Å². The second-order valence-corrected chi connectivity index (χ2v) is 3.09. The number of carbonyl (C=O) groups excluding carboxylic acids is 1. The molecule has 0 aliphatic rings. The van der Waals surface area contributed by atoms with Gasteiger partial charge in [0.05, 0.1) is 12.5 Å². The first kappa shape index (κ1) is 10.9. The summed E-state index contributed by atoms with van der Waals surface area (Å²) in [6.45, 7) is 0. The summed E-state index contributed by atoms with van der Waals surface area (Å²) in [6, 6.07) is 12.2. The lowest BCUT2D eigenvalue weighted by Crippen LogP contribution is -2.21. The van der Waals surface area contributed by atoms with E-state index in [0.29, 0.717) is 11.5 Å². The zero-order valence-corrected chi connectivity index (χ0v) is 8.87. The molecule has 2 aromatic rings.